The van der Waals surface area contributed by atoms with Crippen molar-refractivity contribution in [3.63, 3.8) is 0 Å². The van der Waals surface area contributed by atoms with Crippen molar-refractivity contribution in [1.82, 2.24) is 25.3 Å². The van der Waals surface area contributed by atoms with Gasteiger partial charge in [-0.1, -0.05) is 17.7 Å². The predicted molar refractivity (Wildman–Crippen MR) is 93.6 cm³/mol. The minimum Gasteiger partial charge on any atom is -0.384 e. The van der Waals surface area contributed by atoms with Gasteiger partial charge in [0.05, 0.1) is 5.69 Å². The van der Waals surface area contributed by atoms with Gasteiger partial charge in [0.25, 0.3) is 0 Å². The Morgan fingerprint density at radius 3 is 2.88 bits per heavy atom. The molecular weight excluding hydrogens is 342 g/mol. The van der Waals surface area contributed by atoms with Crippen LogP contribution in [-0.4, -0.2) is 36.4 Å². The molecule has 0 aliphatic carbocycles. The zero-order chi connectivity index (χ0) is 17.8. The number of aliphatic hydroxyl groups is 2. The molecule has 0 aliphatic rings. The lowest BCUT2D eigenvalue weighted by molar-refractivity contribution is -0.00457. The van der Waals surface area contributed by atoms with Crippen molar-refractivity contribution in [2.75, 3.05) is 0 Å². The van der Waals surface area contributed by atoms with E-state index in [1.165, 1.54) is 12.5 Å². The van der Waals surface area contributed by atoms with Gasteiger partial charge in [-0.05, 0) is 18.6 Å². The Bertz CT molecular complexity index is 840. The fraction of sp³-hybridized carbons (Fsp3) is 0.235. The first-order valence-electron chi connectivity index (χ1n) is 7.70. The maximum Gasteiger partial charge on any atom is 0.135 e. The second kappa shape index (κ2) is 7.71. The molecule has 0 aromatic carbocycles. The molecule has 25 heavy (non-hydrogen) atoms. The quantitative estimate of drug-likeness (QED) is 0.396. The molecule has 2 atom stereocenters. The maximum atomic E-state index is 10.2. The highest BCUT2D eigenvalue weighted by atomic mass is 35.5. The van der Waals surface area contributed by atoms with E-state index in [9.17, 15) is 10.2 Å². The number of halogens is 1. The molecule has 130 valence electrons. The SMILES string of the molecule is Cc1c(-c2cc(Cl)ncn2)c[nH]c1CNC(O)C(O)c1cccnc1. The molecule has 7 nitrogen and oxygen atoms in total. The Morgan fingerprint density at radius 2 is 2.16 bits per heavy atom. The normalized spacial score (nSPS) is 13.6. The van der Waals surface area contributed by atoms with Crippen molar-refractivity contribution in [2.24, 2.45) is 0 Å². The van der Waals surface area contributed by atoms with Crippen LogP contribution in [0.2, 0.25) is 5.15 Å². The number of aromatic nitrogens is 4. The van der Waals surface area contributed by atoms with E-state index >= 15 is 0 Å². The number of hydrogen-bond donors (Lipinski definition) is 4. The van der Waals surface area contributed by atoms with Gasteiger partial charge in [-0.15, -0.1) is 0 Å². The number of nitrogens with zero attached hydrogens (tertiary/aromatic N) is 3. The smallest absolute Gasteiger partial charge is 0.135 e. The summed E-state index contributed by atoms with van der Waals surface area (Å²) in [5.74, 6) is 0. The first kappa shape index (κ1) is 17.5. The third kappa shape index (κ3) is 4.02. The highest BCUT2D eigenvalue weighted by Gasteiger charge is 2.19. The number of H-pyrrole nitrogens is 1. The average Bonchev–Trinajstić information content (AvgIpc) is 3.00. The molecule has 0 radical (unpaired) electrons. The molecule has 0 amide bonds. The third-order valence-electron chi connectivity index (χ3n) is 3.97. The van der Waals surface area contributed by atoms with Crippen molar-refractivity contribution in [2.45, 2.75) is 25.8 Å². The topological polar surface area (TPSA) is 107 Å². The summed E-state index contributed by atoms with van der Waals surface area (Å²) in [6.07, 6.45) is 4.18. The summed E-state index contributed by atoms with van der Waals surface area (Å²) in [4.78, 5) is 15.2. The zero-order valence-corrected chi connectivity index (χ0v) is 14.3. The fourth-order valence-corrected chi connectivity index (χ4v) is 2.67. The second-order valence-corrected chi connectivity index (χ2v) is 5.98. The largest absolute Gasteiger partial charge is 0.384 e. The Hall–Kier alpha value is -2.32. The van der Waals surface area contributed by atoms with Crippen LogP contribution in [0.25, 0.3) is 11.3 Å². The molecular formula is C17H18ClN5O2. The summed E-state index contributed by atoms with van der Waals surface area (Å²) < 4.78 is 0. The maximum absolute atomic E-state index is 10.2. The van der Waals surface area contributed by atoms with Gasteiger partial charge in [-0.2, -0.15) is 0 Å². The molecule has 0 fully saturated rings. The van der Waals surface area contributed by atoms with Crippen molar-refractivity contribution < 1.29 is 10.2 Å². The van der Waals surface area contributed by atoms with Crippen molar-refractivity contribution in [3.05, 3.63) is 65.1 Å². The minimum atomic E-state index is -1.12. The molecule has 8 heteroatoms. The average molecular weight is 360 g/mol. The molecule has 0 aliphatic heterocycles. The van der Waals surface area contributed by atoms with Crippen LogP contribution in [-0.2, 0) is 6.54 Å². The van der Waals surface area contributed by atoms with E-state index in [1.54, 1.807) is 24.4 Å². The molecule has 3 aromatic heterocycles. The summed E-state index contributed by atoms with van der Waals surface area (Å²) in [5.41, 5.74) is 4.02. The minimum absolute atomic E-state index is 0.350. The van der Waals surface area contributed by atoms with Crippen LogP contribution in [0, 0.1) is 6.92 Å². The van der Waals surface area contributed by atoms with E-state index in [2.05, 4.69) is 25.3 Å². The Kier molecular flexibility index (Phi) is 5.40. The number of hydrogen-bond acceptors (Lipinski definition) is 6. The molecule has 4 N–H and O–H groups in total. The van der Waals surface area contributed by atoms with Crippen molar-refractivity contribution in [3.8, 4) is 11.3 Å². The number of nitrogens with one attached hydrogen (secondary N) is 2. The number of rotatable bonds is 6. The highest BCUT2D eigenvalue weighted by Crippen LogP contribution is 2.25. The number of aliphatic hydroxyl groups excluding tert-OH is 2. The summed E-state index contributed by atoms with van der Waals surface area (Å²) in [6.45, 7) is 2.30. The monoisotopic (exact) mass is 359 g/mol. The van der Waals surface area contributed by atoms with Gasteiger partial charge in [-0.25, -0.2) is 9.97 Å². The van der Waals surface area contributed by atoms with Crippen LogP contribution < -0.4 is 5.32 Å². The molecule has 0 saturated heterocycles. The third-order valence-corrected chi connectivity index (χ3v) is 4.18. The van der Waals surface area contributed by atoms with E-state index in [-0.39, 0.29) is 0 Å². The van der Waals surface area contributed by atoms with Gasteiger partial charge in [-0.3, -0.25) is 10.3 Å². The van der Waals surface area contributed by atoms with Gasteiger partial charge in [0.1, 0.15) is 23.8 Å². The summed E-state index contributed by atoms with van der Waals surface area (Å²) in [7, 11) is 0. The standard InChI is InChI=1S/C17H18ClN5O2/c1-10-12(13-5-15(18)23-9-22-13)7-20-14(10)8-21-17(25)16(24)11-3-2-4-19-6-11/h2-7,9,16-17,20-21,24-25H,8H2,1H3. The van der Waals surface area contributed by atoms with E-state index < -0.39 is 12.3 Å². The van der Waals surface area contributed by atoms with Crippen LogP contribution in [0.15, 0.2) is 43.1 Å². The van der Waals surface area contributed by atoms with Crippen molar-refractivity contribution in [1.29, 1.82) is 0 Å². The second-order valence-electron chi connectivity index (χ2n) is 5.59. The van der Waals surface area contributed by atoms with E-state index in [0.717, 1.165) is 22.5 Å². The van der Waals surface area contributed by atoms with E-state index in [1.807, 2.05) is 13.1 Å². The van der Waals surface area contributed by atoms with Gasteiger partial charge in [0, 0.05) is 48.0 Å². The van der Waals surface area contributed by atoms with Crippen LogP contribution in [0.4, 0.5) is 0 Å². The van der Waals surface area contributed by atoms with E-state index in [0.29, 0.717) is 17.3 Å². The van der Waals surface area contributed by atoms with Gasteiger partial charge < -0.3 is 15.2 Å². The lowest BCUT2D eigenvalue weighted by Gasteiger charge is -2.19. The van der Waals surface area contributed by atoms with Crippen LogP contribution in [0.1, 0.15) is 22.9 Å². The van der Waals surface area contributed by atoms with Crippen LogP contribution in [0.3, 0.4) is 0 Å². The lowest BCUT2D eigenvalue weighted by Crippen LogP contribution is -2.34. The fourth-order valence-electron chi connectivity index (χ4n) is 2.52. The molecule has 3 rings (SSSR count). The molecule has 3 aromatic rings. The summed E-state index contributed by atoms with van der Waals surface area (Å²) in [6, 6.07) is 5.11. The molecule has 0 bridgehead atoms. The summed E-state index contributed by atoms with van der Waals surface area (Å²) >= 11 is 5.91. The van der Waals surface area contributed by atoms with Crippen molar-refractivity contribution >= 4 is 11.6 Å². The van der Waals surface area contributed by atoms with Gasteiger partial charge in [0.2, 0.25) is 0 Å². The van der Waals surface area contributed by atoms with Crippen LogP contribution >= 0.6 is 11.6 Å². The number of aromatic amines is 1. The first-order chi connectivity index (χ1) is 12.1. The van der Waals surface area contributed by atoms with E-state index in [4.69, 9.17) is 11.6 Å². The molecule has 3 heterocycles. The first-order valence-corrected chi connectivity index (χ1v) is 8.08. The predicted octanol–water partition coefficient (Wildman–Crippen LogP) is 1.97. The zero-order valence-electron chi connectivity index (χ0n) is 13.5. The van der Waals surface area contributed by atoms with Gasteiger partial charge in [0.15, 0.2) is 0 Å². The Labute approximate surface area is 149 Å². The number of pyridine rings is 1. The molecule has 0 spiro atoms. The summed E-state index contributed by atoms with van der Waals surface area (Å²) in [5, 5.41) is 23.6. The Morgan fingerprint density at radius 1 is 1.32 bits per heavy atom. The highest BCUT2D eigenvalue weighted by molar-refractivity contribution is 6.29. The lowest BCUT2D eigenvalue weighted by atomic mass is 10.1. The molecule has 0 saturated carbocycles. The Balaban J connectivity index is 1.68. The van der Waals surface area contributed by atoms with Crippen LogP contribution in [0.5, 0.6) is 0 Å². The van der Waals surface area contributed by atoms with Gasteiger partial charge >= 0.3 is 0 Å². The molecule has 2 unspecified atom stereocenters.